The highest BCUT2D eigenvalue weighted by molar-refractivity contribution is 7.12. The minimum atomic E-state index is -0.182. The molecule has 0 saturated carbocycles. The Morgan fingerprint density at radius 2 is 1.48 bits per heavy atom. The summed E-state index contributed by atoms with van der Waals surface area (Å²) in [6.45, 7) is 2.11. The van der Waals surface area contributed by atoms with Gasteiger partial charge in [-0.1, -0.05) is 60.7 Å². The third-order valence-electron chi connectivity index (χ3n) is 5.85. The molecule has 0 N–H and O–H groups in total. The molecular formula is C27H24N2OS. The molecule has 3 aromatic carbocycles. The Morgan fingerprint density at radius 3 is 2.23 bits per heavy atom. The summed E-state index contributed by atoms with van der Waals surface area (Å²) >= 11 is 1.75. The first kappa shape index (κ1) is 19.6. The van der Waals surface area contributed by atoms with Gasteiger partial charge in [0.1, 0.15) is 6.17 Å². The molecule has 5 rings (SSSR count). The van der Waals surface area contributed by atoms with Crippen molar-refractivity contribution < 1.29 is 4.79 Å². The second kappa shape index (κ2) is 8.05. The number of carbonyl (C=O) groups is 1. The number of benzene rings is 3. The summed E-state index contributed by atoms with van der Waals surface area (Å²) in [5.74, 6) is 0.0465. The van der Waals surface area contributed by atoms with Crippen molar-refractivity contribution in [2.75, 3.05) is 16.8 Å². The van der Waals surface area contributed by atoms with Crippen molar-refractivity contribution in [1.82, 2.24) is 0 Å². The standard InChI is InChI=1S/C27H24N2OS/c1-19-16-17-25(31-19)26-28(2)24-15-9-7-13-22(24)27(30)29(26)23-14-8-6-12-21(23)18-20-10-4-3-5-11-20/h3-17,26H,18H2,1-2H3. The minimum absolute atomic E-state index is 0.0465. The van der Waals surface area contributed by atoms with E-state index in [4.69, 9.17) is 0 Å². The molecule has 1 aromatic heterocycles. The van der Waals surface area contributed by atoms with Gasteiger partial charge in [-0.25, -0.2) is 0 Å². The number of rotatable bonds is 4. The van der Waals surface area contributed by atoms with Gasteiger partial charge in [0, 0.05) is 16.8 Å². The zero-order chi connectivity index (χ0) is 21.4. The van der Waals surface area contributed by atoms with Gasteiger partial charge < -0.3 is 4.90 Å². The molecule has 0 aliphatic carbocycles. The fourth-order valence-corrected chi connectivity index (χ4v) is 5.38. The Hall–Kier alpha value is -3.37. The van der Waals surface area contributed by atoms with Gasteiger partial charge in [-0.3, -0.25) is 9.69 Å². The molecule has 0 fully saturated rings. The lowest BCUT2D eigenvalue weighted by Gasteiger charge is -2.44. The van der Waals surface area contributed by atoms with Gasteiger partial charge in [-0.2, -0.15) is 0 Å². The van der Waals surface area contributed by atoms with Crippen LogP contribution in [-0.2, 0) is 6.42 Å². The number of para-hydroxylation sites is 2. The van der Waals surface area contributed by atoms with E-state index in [1.807, 2.05) is 41.3 Å². The highest BCUT2D eigenvalue weighted by Crippen LogP contribution is 2.43. The first-order chi connectivity index (χ1) is 15.1. The molecule has 31 heavy (non-hydrogen) atoms. The smallest absolute Gasteiger partial charge is 0.262 e. The molecule has 0 spiro atoms. The van der Waals surface area contributed by atoms with Gasteiger partial charge in [-0.05, 0) is 54.8 Å². The molecule has 0 bridgehead atoms. The van der Waals surface area contributed by atoms with Crippen LogP contribution in [0.1, 0.15) is 37.4 Å². The van der Waals surface area contributed by atoms with E-state index < -0.39 is 0 Å². The van der Waals surface area contributed by atoms with E-state index in [2.05, 4.69) is 73.5 Å². The highest BCUT2D eigenvalue weighted by atomic mass is 32.1. The second-order valence-electron chi connectivity index (χ2n) is 7.92. The van der Waals surface area contributed by atoms with E-state index in [-0.39, 0.29) is 12.1 Å². The van der Waals surface area contributed by atoms with Crippen molar-refractivity contribution in [2.24, 2.45) is 0 Å². The number of anilines is 2. The van der Waals surface area contributed by atoms with E-state index >= 15 is 0 Å². The topological polar surface area (TPSA) is 23.6 Å². The summed E-state index contributed by atoms with van der Waals surface area (Å²) in [4.78, 5) is 20.5. The number of aryl methyl sites for hydroxylation is 1. The number of hydrogen-bond acceptors (Lipinski definition) is 3. The van der Waals surface area contributed by atoms with Crippen LogP contribution in [0.3, 0.4) is 0 Å². The molecule has 1 aliphatic heterocycles. The highest BCUT2D eigenvalue weighted by Gasteiger charge is 2.39. The lowest BCUT2D eigenvalue weighted by atomic mass is 9.99. The molecule has 4 aromatic rings. The fourth-order valence-electron chi connectivity index (χ4n) is 4.37. The molecule has 3 nitrogen and oxygen atoms in total. The monoisotopic (exact) mass is 424 g/mol. The van der Waals surface area contributed by atoms with Crippen LogP contribution in [0.25, 0.3) is 0 Å². The Bertz CT molecular complexity index is 1230. The quantitative estimate of drug-likeness (QED) is 0.376. The lowest BCUT2D eigenvalue weighted by molar-refractivity contribution is 0.0970. The number of nitrogens with zero attached hydrogens (tertiary/aromatic N) is 2. The molecule has 1 unspecified atom stereocenters. The SMILES string of the molecule is Cc1ccc(C2N(C)c3ccccc3C(=O)N2c2ccccc2Cc2ccccc2)s1. The van der Waals surface area contributed by atoms with Crippen LogP contribution in [0.4, 0.5) is 11.4 Å². The van der Waals surface area contributed by atoms with Crippen molar-refractivity contribution in [3.63, 3.8) is 0 Å². The Kier molecular flexibility index (Phi) is 5.08. The van der Waals surface area contributed by atoms with Crippen molar-refractivity contribution in [2.45, 2.75) is 19.5 Å². The van der Waals surface area contributed by atoms with Gasteiger partial charge in [0.05, 0.1) is 16.9 Å². The Labute approximate surface area is 187 Å². The maximum atomic E-state index is 13.9. The Morgan fingerprint density at radius 1 is 0.806 bits per heavy atom. The summed E-state index contributed by atoms with van der Waals surface area (Å²) < 4.78 is 0. The van der Waals surface area contributed by atoms with Crippen LogP contribution in [-0.4, -0.2) is 13.0 Å². The second-order valence-corrected chi connectivity index (χ2v) is 9.24. The van der Waals surface area contributed by atoms with Crippen LogP contribution in [0, 0.1) is 6.92 Å². The molecule has 1 aliphatic rings. The van der Waals surface area contributed by atoms with Crippen LogP contribution in [0.15, 0.2) is 91.0 Å². The molecule has 0 saturated heterocycles. The third-order valence-corrected chi connectivity index (χ3v) is 6.89. The van der Waals surface area contributed by atoms with Gasteiger partial charge in [0.25, 0.3) is 5.91 Å². The van der Waals surface area contributed by atoms with Crippen molar-refractivity contribution in [1.29, 1.82) is 0 Å². The summed E-state index contributed by atoms with van der Waals surface area (Å²) in [5.41, 5.74) is 5.06. The maximum Gasteiger partial charge on any atom is 0.262 e. The number of thiophene rings is 1. The molecule has 4 heteroatoms. The van der Waals surface area contributed by atoms with E-state index in [0.29, 0.717) is 0 Å². The normalized spacial score (nSPS) is 15.8. The predicted octanol–water partition coefficient (Wildman–Crippen LogP) is 6.44. The molecule has 1 amide bonds. The van der Waals surface area contributed by atoms with Crippen LogP contribution < -0.4 is 9.80 Å². The number of fused-ring (bicyclic) bond motifs is 1. The summed E-state index contributed by atoms with van der Waals surface area (Å²) in [6.07, 6.45) is 0.598. The largest absolute Gasteiger partial charge is 0.349 e. The summed E-state index contributed by atoms with van der Waals surface area (Å²) in [5, 5.41) is 0. The summed E-state index contributed by atoms with van der Waals surface area (Å²) in [7, 11) is 2.08. The number of carbonyl (C=O) groups excluding carboxylic acids is 1. The molecule has 1 atom stereocenters. The van der Waals surface area contributed by atoms with Gasteiger partial charge in [0.15, 0.2) is 0 Å². The van der Waals surface area contributed by atoms with Crippen molar-refractivity contribution in [3.05, 3.63) is 117 Å². The first-order valence-electron chi connectivity index (χ1n) is 10.5. The van der Waals surface area contributed by atoms with Gasteiger partial charge in [0.2, 0.25) is 0 Å². The zero-order valence-electron chi connectivity index (χ0n) is 17.7. The van der Waals surface area contributed by atoms with Crippen LogP contribution >= 0.6 is 11.3 Å². The molecule has 2 heterocycles. The molecular weight excluding hydrogens is 400 g/mol. The molecule has 0 radical (unpaired) electrons. The van der Waals surface area contributed by atoms with Gasteiger partial charge in [-0.15, -0.1) is 11.3 Å². The zero-order valence-corrected chi connectivity index (χ0v) is 18.5. The first-order valence-corrected chi connectivity index (χ1v) is 11.3. The van der Waals surface area contributed by atoms with E-state index in [0.717, 1.165) is 33.8 Å². The van der Waals surface area contributed by atoms with E-state index in [1.165, 1.54) is 10.4 Å². The van der Waals surface area contributed by atoms with E-state index in [1.54, 1.807) is 11.3 Å². The predicted molar refractivity (Wildman–Crippen MR) is 129 cm³/mol. The van der Waals surface area contributed by atoms with Gasteiger partial charge >= 0.3 is 0 Å². The minimum Gasteiger partial charge on any atom is -0.349 e. The van der Waals surface area contributed by atoms with Crippen LogP contribution in [0.5, 0.6) is 0 Å². The lowest BCUT2D eigenvalue weighted by Crippen LogP contribution is -2.48. The maximum absolute atomic E-state index is 13.9. The fraction of sp³-hybridized carbons (Fsp3) is 0.148. The average Bonchev–Trinajstić information content (AvgIpc) is 3.23. The van der Waals surface area contributed by atoms with Crippen LogP contribution in [0.2, 0.25) is 0 Å². The molecule has 154 valence electrons. The van der Waals surface area contributed by atoms with Crippen molar-refractivity contribution in [3.8, 4) is 0 Å². The average molecular weight is 425 g/mol. The number of hydrogen-bond donors (Lipinski definition) is 0. The van der Waals surface area contributed by atoms with E-state index in [9.17, 15) is 4.79 Å². The summed E-state index contributed by atoms with van der Waals surface area (Å²) in [6, 6.07) is 30.9. The Balaban J connectivity index is 1.67. The van der Waals surface area contributed by atoms with Crippen molar-refractivity contribution >= 4 is 28.6 Å². The third kappa shape index (κ3) is 3.53. The number of amides is 1.